The minimum Gasteiger partial charge on any atom is -0.497 e. The lowest BCUT2D eigenvalue weighted by Gasteiger charge is -2.42. The predicted molar refractivity (Wildman–Crippen MR) is 148 cm³/mol. The molecule has 0 aliphatic carbocycles. The molecule has 2 N–H and O–H groups in total. The van der Waals surface area contributed by atoms with Crippen LogP contribution in [0.25, 0.3) is 0 Å². The lowest BCUT2D eigenvalue weighted by Crippen LogP contribution is -2.57. The van der Waals surface area contributed by atoms with Crippen molar-refractivity contribution in [3.05, 3.63) is 71.4 Å². The van der Waals surface area contributed by atoms with Gasteiger partial charge in [-0.15, -0.1) is 0 Å². The summed E-state index contributed by atoms with van der Waals surface area (Å²) in [6.07, 6.45) is 0. The molecule has 1 saturated heterocycles. The summed E-state index contributed by atoms with van der Waals surface area (Å²) in [5.74, 6) is 0.163. The molecular weight excluding hydrogens is 498 g/mol. The number of piperazine rings is 1. The summed E-state index contributed by atoms with van der Waals surface area (Å²) in [5, 5.41) is 5.94. The molecule has 0 aromatic heterocycles. The van der Waals surface area contributed by atoms with Crippen molar-refractivity contribution >= 4 is 23.7 Å². The van der Waals surface area contributed by atoms with E-state index in [4.69, 9.17) is 9.47 Å². The highest BCUT2D eigenvalue weighted by molar-refractivity contribution is 5.95. The third kappa shape index (κ3) is 6.34. The van der Waals surface area contributed by atoms with Gasteiger partial charge in [0.1, 0.15) is 5.75 Å². The number of nitrogens with one attached hydrogen (secondary N) is 2. The highest BCUT2D eigenvalue weighted by Gasteiger charge is 2.39. The Kier molecular flexibility index (Phi) is 9.08. The lowest BCUT2D eigenvalue weighted by molar-refractivity contribution is -0.139. The van der Waals surface area contributed by atoms with Gasteiger partial charge < -0.3 is 25.0 Å². The second-order valence-electron chi connectivity index (χ2n) is 9.56. The van der Waals surface area contributed by atoms with Crippen molar-refractivity contribution in [2.24, 2.45) is 0 Å². The smallest absolute Gasteiger partial charge is 0.338 e. The number of carbonyl (C=O) groups excluding carboxylic acids is 3. The van der Waals surface area contributed by atoms with Crippen molar-refractivity contribution in [3.8, 4) is 5.75 Å². The monoisotopic (exact) mass is 535 g/mol. The van der Waals surface area contributed by atoms with E-state index in [1.54, 1.807) is 18.9 Å². The molecule has 0 unspecified atom stereocenters. The number of hydrogen-bond acceptors (Lipinski definition) is 6. The standard InChI is InChI=1S/C29H37N5O5/c1-5-33-24(19-32-15-16-34(20(3)18-32)28(36)30-22-12-8-7-9-13-22)25(27(35)39-6-2)26(31-29(33)37)21-11-10-14-23(17-21)38-4/h7-14,17,20,26H,5-6,15-16,18-19H2,1-4H3,(H,30,36)(H,31,37)/t20-,26-/m1/s1. The number of esters is 1. The second kappa shape index (κ2) is 12.7. The van der Waals surface area contributed by atoms with Gasteiger partial charge in [0.15, 0.2) is 0 Å². The minimum absolute atomic E-state index is 0.0734. The molecule has 1 fully saturated rings. The van der Waals surface area contributed by atoms with Gasteiger partial charge in [-0.1, -0.05) is 30.3 Å². The Balaban J connectivity index is 1.60. The van der Waals surface area contributed by atoms with Gasteiger partial charge in [0.05, 0.1) is 25.3 Å². The third-order valence-corrected chi connectivity index (χ3v) is 7.05. The van der Waals surface area contributed by atoms with Crippen LogP contribution in [0.15, 0.2) is 65.9 Å². The summed E-state index contributed by atoms with van der Waals surface area (Å²) in [6, 6.07) is 15.5. The van der Waals surface area contributed by atoms with Crippen LogP contribution in [0.4, 0.5) is 15.3 Å². The molecule has 2 aliphatic rings. The van der Waals surface area contributed by atoms with Crippen molar-refractivity contribution < 1.29 is 23.9 Å². The van der Waals surface area contributed by atoms with Gasteiger partial charge in [-0.25, -0.2) is 14.4 Å². The first kappa shape index (κ1) is 28.0. The van der Waals surface area contributed by atoms with Crippen molar-refractivity contribution in [2.45, 2.75) is 32.9 Å². The van der Waals surface area contributed by atoms with E-state index in [0.29, 0.717) is 49.7 Å². The van der Waals surface area contributed by atoms with E-state index in [2.05, 4.69) is 15.5 Å². The van der Waals surface area contributed by atoms with E-state index in [0.717, 1.165) is 11.3 Å². The van der Waals surface area contributed by atoms with Crippen LogP contribution in [0.1, 0.15) is 32.4 Å². The Morgan fingerprint density at radius 3 is 2.51 bits per heavy atom. The second-order valence-corrected chi connectivity index (χ2v) is 9.56. The number of hydrogen-bond donors (Lipinski definition) is 2. The van der Waals surface area contributed by atoms with Crippen molar-refractivity contribution in [1.82, 2.24) is 20.0 Å². The number of benzene rings is 2. The number of ether oxygens (including phenoxy) is 2. The van der Waals surface area contributed by atoms with E-state index in [1.807, 2.05) is 73.3 Å². The molecule has 2 atom stereocenters. The van der Waals surface area contributed by atoms with Crippen LogP contribution < -0.4 is 15.4 Å². The first-order valence-corrected chi connectivity index (χ1v) is 13.3. The summed E-state index contributed by atoms with van der Waals surface area (Å²) < 4.78 is 10.9. The molecule has 39 heavy (non-hydrogen) atoms. The highest BCUT2D eigenvalue weighted by atomic mass is 16.5. The summed E-state index contributed by atoms with van der Waals surface area (Å²) >= 11 is 0. The van der Waals surface area contributed by atoms with Crippen LogP contribution in [-0.2, 0) is 9.53 Å². The fourth-order valence-electron chi connectivity index (χ4n) is 5.14. The van der Waals surface area contributed by atoms with Gasteiger partial charge in [-0.05, 0) is 50.6 Å². The number of para-hydroxylation sites is 1. The molecular formula is C29H37N5O5. The number of anilines is 1. The highest BCUT2D eigenvalue weighted by Crippen LogP contribution is 2.33. The summed E-state index contributed by atoms with van der Waals surface area (Å²) in [5.41, 5.74) is 2.50. The zero-order chi connectivity index (χ0) is 27.9. The molecule has 2 heterocycles. The number of rotatable bonds is 8. The van der Waals surface area contributed by atoms with Crippen LogP contribution in [0.2, 0.25) is 0 Å². The van der Waals surface area contributed by atoms with Crippen molar-refractivity contribution in [1.29, 1.82) is 0 Å². The van der Waals surface area contributed by atoms with Crippen LogP contribution in [0.5, 0.6) is 5.75 Å². The van der Waals surface area contributed by atoms with Gasteiger partial charge in [0.25, 0.3) is 0 Å². The fraction of sp³-hybridized carbons (Fsp3) is 0.414. The van der Waals surface area contributed by atoms with E-state index in [-0.39, 0.29) is 24.7 Å². The lowest BCUT2D eigenvalue weighted by atomic mass is 9.93. The van der Waals surface area contributed by atoms with Gasteiger partial charge in [-0.3, -0.25) is 9.80 Å². The number of carbonyl (C=O) groups is 3. The van der Waals surface area contributed by atoms with Crippen LogP contribution in [-0.4, -0.2) is 85.2 Å². The summed E-state index contributed by atoms with van der Waals surface area (Å²) in [4.78, 5) is 45.1. The Labute approximate surface area is 229 Å². The molecule has 0 saturated carbocycles. The Bertz CT molecular complexity index is 1220. The van der Waals surface area contributed by atoms with Gasteiger partial charge >= 0.3 is 18.0 Å². The van der Waals surface area contributed by atoms with E-state index in [1.165, 1.54) is 0 Å². The molecule has 0 spiro atoms. The number of nitrogens with zero attached hydrogens (tertiary/aromatic N) is 3. The first-order valence-electron chi connectivity index (χ1n) is 13.3. The van der Waals surface area contributed by atoms with Crippen LogP contribution in [0.3, 0.4) is 0 Å². The molecule has 208 valence electrons. The SMILES string of the molecule is CCOC(=O)C1=C(CN2CCN(C(=O)Nc3ccccc3)[C@H](C)C2)N(CC)C(=O)N[C@@H]1c1cccc(OC)c1. The minimum atomic E-state index is -0.681. The topological polar surface area (TPSA) is 103 Å². The molecule has 0 bridgehead atoms. The Hall–Kier alpha value is -4.05. The number of amides is 4. The zero-order valence-electron chi connectivity index (χ0n) is 23.0. The average molecular weight is 536 g/mol. The fourth-order valence-corrected chi connectivity index (χ4v) is 5.14. The van der Waals surface area contributed by atoms with Crippen molar-refractivity contribution in [2.75, 3.05) is 51.8 Å². The summed E-state index contributed by atoms with van der Waals surface area (Å²) in [6.45, 7) is 8.31. The number of urea groups is 2. The Morgan fingerprint density at radius 2 is 1.85 bits per heavy atom. The molecule has 4 rings (SSSR count). The molecule has 2 aliphatic heterocycles. The maximum atomic E-state index is 13.4. The quantitative estimate of drug-likeness (QED) is 0.498. The van der Waals surface area contributed by atoms with E-state index in [9.17, 15) is 14.4 Å². The van der Waals surface area contributed by atoms with Crippen LogP contribution in [0, 0.1) is 0 Å². The molecule has 2 aromatic rings. The largest absolute Gasteiger partial charge is 0.497 e. The van der Waals surface area contributed by atoms with Gasteiger partial charge in [0.2, 0.25) is 0 Å². The molecule has 10 heteroatoms. The summed E-state index contributed by atoms with van der Waals surface area (Å²) in [7, 11) is 1.58. The third-order valence-electron chi connectivity index (χ3n) is 7.05. The van der Waals surface area contributed by atoms with Crippen LogP contribution >= 0.6 is 0 Å². The number of likely N-dealkylation sites (N-methyl/N-ethyl adjacent to an activating group) is 1. The molecule has 10 nitrogen and oxygen atoms in total. The zero-order valence-corrected chi connectivity index (χ0v) is 23.0. The maximum Gasteiger partial charge on any atom is 0.338 e. The predicted octanol–water partition coefficient (Wildman–Crippen LogP) is 3.84. The molecule has 0 radical (unpaired) electrons. The number of methoxy groups -OCH3 is 1. The Morgan fingerprint density at radius 1 is 1.08 bits per heavy atom. The maximum absolute atomic E-state index is 13.4. The molecule has 2 aromatic carbocycles. The molecule has 4 amide bonds. The van der Waals surface area contributed by atoms with Gasteiger partial charge in [0, 0.05) is 50.2 Å². The normalized spacial score (nSPS) is 19.9. The average Bonchev–Trinajstić information content (AvgIpc) is 2.93. The van der Waals surface area contributed by atoms with E-state index < -0.39 is 12.0 Å². The van der Waals surface area contributed by atoms with Crippen molar-refractivity contribution in [3.63, 3.8) is 0 Å². The first-order chi connectivity index (χ1) is 18.9. The van der Waals surface area contributed by atoms with E-state index >= 15 is 0 Å². The van der Waals surface area contributed by atoms with Gasteiger partial charge in [-0.2, -0.15) is 0 Å².